The van der Waals surface area contributed by atoms with Crippen molar-refractivity contribution in [3.63, 3.8) is 0 Å². The fraction of sp³-hybridized carbons (Fsp3) is 0.214. The number of amides is 1. The van der Waals surface area contributed by atoms with Gasteiger partial charge in [-0.1, -0.05) is 30.4 Å². The average Bonchev–Trinajstić information content (AvgIpc) is 2.81. The molecule has 0 N–H and O–H groups in total. The van der Waals surface area contributed by atoms with Crippen LogP contribution in [0.25, 0.3) is 0 Å². The highest BCUT2D eigenvalue weighted by Crippen LogP contribution is 2.12. The number of nitrogens with zero attached hydrogens (tertiary/aromatic N) is 1. The van der Waals surface area contributed by atoms with Crippen molar-refractivity contribution in [2.45, 2.75) is 13.5 Å². The molecule has 0 bridgehead atoms. The van der Waals surface area contributed by atoms with Gasteiger partial charge in [-0.15, -0.1) is 17.9 Å². The van der Waals surface area contributed by atoms with Gasteiger partial charge >= 0.3 is 0 Å². The lowest BCUT2D eigenvalue weighted by molar-refractivity contribution is -0.126. The second-order valence-electron chi connectivity index (χ2n) is 3.47. The first-order chi connectivity index (χ1) is 8.27. The first-order valence-electron chi connectivity index (χ1n) is 5.49. The summed E-state index contributed by atoms with van der Waals surface area (Å²) >= 11 is 1.66. The molecule has 0 fully saturated rings. The first kappa shape index (κ1) is 13.5. The molecule has 0 saturated heterocycles. The van der Waals surface area contributed by atoms with Gasteiger partial charge in [-0.3, -0.25) is 4.79 Å². The number of hydrogen-bond acceptors (Lipinski definition) is 2. The van der Waals surface area contributed by atoms with Crippen molar-refractivity contribution in [2.24, 2.45) is 0 Å². The fourth-order valence-corrected chi connectivity index (χ4v) is 2.05. The van der Waals surface area contributed by atoms with Crippen molar-refractivity contribution < 1.29 is 4.79 Å². The molecule has 1 heterocycles. The van der Waals surface area contributed by atoms with Crippen LogP contribution < -0.4 is 0 Å². The van der Waals surface area contributed by atoms with E-state index in [1.54, 1.807) is 34.5 Å². The highest BCUT2D eigenvalue weighted by molar-refractivity contribution is 7.09. The summed E-state index contributed by atoms with van der Waals surface area (Å²) < 4.78 is 0. The molecule has 17 heavy (non-hydrogen) atoms. The summed E-state index contributed by atoms with van der Waals surface area (Å²) in [5.74, 6) is 0.0106. The normalized spacial score (nSPS) is 11.1. The summed E-state index contributed by atoms with van der Waals surface area (Å²) in [5.41, 5.74) is 0. The summed E-state index contributed by atoms with van der Waals surface area (Å²) in [6.07, 6.45) is 8.81. The average molecular weight is 247 g/mol. The zero-order valence-corrected chi connectivity index (χ0v) is 10.8. The molecule has 1 aromatic heterocycles. The van der Waals surface area contributed by atoms with E-state index < -0.39 is 0 Å². The predicted molar refractivity (Wildman–Crippen MR) is 73.9 cm³/mol. The molecule has 90 valence electrons. The van der Waals surface area contributed by atoms with E-state index in [0.29, 0.717) is 13.1 Å². The Bertz CT molecular complexity index is 404. The Kier molecular flexibility index (Phi) is 6.04. The third-order valence-electron chi connectivity index (χ3n) is 2.13. The second-order valence-corrected chi connectivity index (χ2v) is 4.50. The van der Waals surface area contributed by atoms with Crippen molar-refractivity contribution in [3.05, 3.63) is 59.3 Å². The number of thiophene rings is 1. The summed E-state index contributed by atoms with van der Waals surface area (Å²) in [6, 6.07) is 4.02. The molecule has 0 atom stereocenters. The van der Waals surface area contributed by atoms with Gasteiger partial charge in [0.15, 0.2) is 0 Å². The lowest BCUT2D eigenvalue weighted by Gasteiger charge is -2.18. The Morgan fingerprint density at radius 3 is 2.94 bits per heavy atom. The van der Waals surface area contributed by atoms with E-state index in [2.05, 4.69) is 6.58 Å². The van der Waals surface area contributed by atoms with Gasteiger partial charge in [-0.25, -0.2) is 0 Å². The van der Waals surface area contributed by atoms with Crippen LogP contribution in [0.1, 0.15) is 11.8 Å². The van der Waals surface area contributed by atoms with Crippen LogP contribution >= 0.6 is 11.3 Å². The Hall–Kier alpha value is -1.61. The SMILES string of the molecule is C=CCN(Cc1cccs1)C(=O)/C=C/C=C/C. The maximum absolute atomic E-state index is 11.9. The molecule has 1 rings (SSSR count). The molecule has 1 aromatic rings. The molecule has 0 aliphatic rings. The highest BCUT2D eigenvalue weighted by Gasteiger charge is 2.09. The van der Waals surface area contributed by atoms with Crippen LogP contribution in [0.15, 0.2) is 54.5 Å². The lowest BCUT2D eigenvalue weighted by atomic mass is 10.3. The number of carbonyl (C=O) groups excluding carboxylic acids is 1. The topological polar surface area (TPSA) is 20.3 Å². The first-order valence-corrected chi connectivity index (χ1v) is 6.37. The van der Waals surface area contributed by atoms with Crippen molar-refractivity contribution in [2.75, 3.05) is 6.54 Å². The van der Waals surface area contributed by atoms with Gasteiger partial charge < -0.3 is 4.90 Å². The highest BCUT2D eigenvalue weighted by atomic mass is 32.1. The summed E-state index contributed by atoms with van der Waals surface area (Å²) in [4.78, 5) is 14.8. The van der Waals surface area contributed by atoms with E-state index in [1.807, 2.05) is 36.6 Å². The molecule has 0 aliphatic heterocycles. The quantitative estimate of drug-likeness (QED) is 0.428. The van der Waals surface area contributed by atoms with Crippen LogP contribution in [0.4, 0.5) is 0 Å². The summed E-state index contributed by atoms with van der Waals surface area (Å²) in [5, 5.41) is 2.02. The fourth-order valence-electron chi connectivity index (χ4n) is 1.33. The van der Waals surface area contributed by atoms with Gasteiger partial charge in [0.05, 0.1) is 6.54 Å². The van der Waals surface area contributed by atoms with Gasteiger partial charge in [0.25, 0.3) is 0 Å². The zero-order chi connectivity index (χ0) is 12.5. The van der Waals surface area contributed by atoms with E-state index in [4.69, 9.17) is 0 Å². The van der Waals surface area contributed by atoms with E-state index in [0.717, 1.165) is 0 Å². The zero-order valence-electron chi connectivity index (χ0n) is 10.0. The molecule has 0 spiro atoms. The number of hydrogen-bond donors (Lipinski definition) is 0. The molecule has 0 saturated carbocycles. The van der Waals surface area contributed by atoms with Gasteiger partial charge in [0, 0.05) is 17.5 Å². The minimum atomic E-state index is 0.0106. The van der Waals surface area contributed by atoms with Crippen LogP contribution in [-0.4, -0.2) is 17.4 Å². The van der Waals surface area contributed by atoms with Crippen molar-refractivity contribution in [1.82, 2.24) is 4.90 Å². The third-order valence-corrected chi connectivity index (χ3v) is 2.99. The van der Waals surface area contributed by atoms with Crippen molar-refractivity contribution in [3.8, 4) is 0 Å². The van der Waals surface area contributed by atoms with E-state index >= 15 is 0 Å². The number of carbonyl (C=O) groups is 1. The molecule has 0 unspecified atom stereocenters. The molecule has 0 radical (unpaired) electrons. The largest absolute Gasteiger partial charge is 0.330 e. The Labute approximate surface area is 107 Å². The van der Waals surface area contributed by atoms with Crippen molar-refractivity contribution in [1.29, 1.82) is 0 Å². The molecule has 3 heteroatoms. The molecule has 0 aliphatic carbocycles. The Morgan fingerprint density at radius 1 is 1.53 bits per heavy atom. The monoisotopic (exact) mass is 247 g/mol. The molecule has 1 amide bonds. The molecular formula is C14H17NOS. The Balaban J connectivity index is 2.64. The van der Waals surface area contributed by atoms with Crippen LogP contribution in [0, 0.1) is 0 Å². The van der Waals surface area contributed by atoms with Gasteiger partial charge in [0.2, 0.25) is 5.91 Å². The van der Waals surface area contributed by atoms with Crippen LogP contribution in [-0.2, 0) is 11.3 Å². The van der Waals surface area contributed by atoms with E-state index in [-0.39, 0.29) is 5.91 Å². The van der Waals surface area contributed by atoms with Crippen LogP contribution in [0.2, 0.25) is 0 Å². The Morgan fingerprint density at radius 2 is 2.35 bits per heavy atom. The van der Waals surface area contributed by atoms with Crippen molar-refractivity contribution >= 4 is 17.2 Å². The summed E-state index contributed by atoms with van der Waals surface area (Å²) in [6.45, 7) is 6.81. The third kappa shape index (κ3) is 4.83. The number of rotatable bonds is 6. The minimum Gasteiger partial charge on any atom is -0.330 e. The molecule has 2 nitrogen and oxygen atoms in total. The lowest BCUT2D eigenvalue weighted by Crippen LogP contribution is -2.28. The number of allylic oxidation sites excluding steroid dienone is 3. The standard InChI is InChI=1S/C14H17NOS/c1-3-5-6-9-14(16)15(10-4-2)12-13-8-7-11-17-13/h3-9,11H,2,10,12H2,1H3/b5-3+,9-6+. The summed E-state index contributed by atoms with van der Waals surface area (Å²) in [7, 11) is 0. The minimum absolute atomic E-state index is 0.0106. The molecule has 0 aromatic carbocycles. The molecular weight excluding hydrogens is 230 g/mol. The van der Waals surface area contributed by atoms with Gasteiger partial charge in [0.1, 0.15) is 0 Å². The maximum atomic E-state index is 11.9. The maximum Gasteiger partial charge on any atom is 0.247 e. The predicted octanol–water partition coefficient (Wildman–Crippen LogP) is 3.40. The van der Waals surface area contributed by atoms with E-state index in [9.17, 15) is 4.79 Å². The van der Waals surface area contributed by atoms with Gasteiger partial charge in [-0.2, -0.15) is 0 Å². The second kappa shape index (κ2) is 7.63. The van der Waals surface area contributed by atoms with Gasteiger partial charge in [-0.05, 0) is 18.4 Å². The smallest absolute Gasteiger partial charge is 0.247 e. The van der Waals surface area contributed by atoms with E-state index in [1.165, 1.54) is 4.88 Å². The van der Waals surface area contributed by atoms with Crippen LogP contribution in [0.5, 0.6) is 0 Å². The van der Waals surface area contributed by atoms with Crippen LogP contribution in [0.3, 0.4) is 0 Å².